The summed E-state index contributed by atoms with van der Waals surface area (Å²) in [6, 6.07) is 14.1. The van der Waals surface area contributed by atoms with Crippen molar-refractivity contribution in [2.24, 2.45) is 0 Å². The van der Waals surface area contributed by atoms with Gasteiger partial charge in [-0.15, -0.1) is 0 Å². The molecule has 0 saturated heterocycles. The van der Waals surface area contributed by atoms with E-state index < -0.39 is 6.04 Å². The molecule has 0 aromatic heterocycles. The van der Waals surface area contributed by atoms with Crippen molar-refractivity contribution >= 4 is 5.97 Å². The van der Waals surface area contributed by atoms with Crippen LogP contribution in [0.2, 0.25) is 0 Å². The molecule has 0 aliphatic heterocycles. The molecule has 0 amide bonds. The lowest BCUT2D eigenvalue weighted by Gasteiger charge is -2.24. The molecule has 0 spiro atoms. The Kier molecular flexibility index (Phi) is 6.15. The zero-order chi connectivity index (χ0) is 18.4. The Hall–Kier alpha value is -2.84. The van der Waals surface area contributed by atoms with E-state index >= 15 is 0 Å². The van der Waals surface area contributed by atoms with E-state index in [1.165, 1.54) is 7.11 Å². The second kappa shape index (κ2) is 8.32. The zero-order valence-electron chi connectivity index (χ0n) is 14.9. The van der Waals surface area contributed by atoms with Crippen molar-refractivity contribution in [2.75, 3.05) is 14.2 Å². The summed E-state index contributed by atoms with van der Waals surface area (Å²) in [5.74, 6) is 0.372. The molecular formula is C20H22N2O3. The molecule has 25 heavy (non-hydrogen) atoms. The number of carbonyl (C=O) groups excluding carboxylic acids is 1. The number of nitriles is 1. The van der Waals surface area contributed by atoms with E-state index in [2.05, 4.69) is 11.4 Å². The van der Waals surface area contributed by atoms with Crippen LogP contribution in [0, 0.1) is 18.3 Å². The van der Waals surface area contributed by atoms with Crippen molar-refractivity contribution < 1.29 is 14.3 Å². The first-order valence-corrected chi connectivity index (χ1v) is 7.98. The summed E-state index contributed by atoms with van der Waals surface area (Å²) in [4.78, 5) is 12.3. The topological polar surface area (TPSA) is 71.3 Å². The summed E-state index contributed by atoms with van der Waals surface area (Å²) in [5, 5.41) is 12.2. The highest BCUT2D eigenvalue weighted by molar-refractivity contribution is 5.77. The number of hydrogen-bond donors (Lipinski definition) is 1. The quantitative estimate of drug-likeness (QED) is 0.817. The van der Waals surface area contributed by atoms with Crippen LogP contribution in [0.5, 0.6) is 5.75 Å². The number of benzene rings is 2. The number of nitrogens with zero attached hydrogens (tertiary/aromatic N) is 1. The van der Waals surface area contributed by atoms with Gasteiger partial charge in [0.25, 0.3) is 0 Å². The zero-order valence-corrected chi connectivity index (χ0v) is 14.9. The fraction of sp³-hybridized carbons (Fsp3) is 0.300. The SMILES string of the molecule is COC(=O)[C@H](N[C@H](C)c1cc(C)ccc1OC)c1ccc(C#N)cc1. The summed E-state index contributed by atoms with van der Waals surface area (Å²) in [7, 11) is 2.98. The van der Waals surface area contributed by atoms with E-state index in [0.29, 0.717) is 5.56 Å². The number of rotatable bonds is 6. The van der Waals surface area contributed by atoms with Gasteiger partial charge in [-0.2, -0.15) is 5.26 Å². The highest BCUT2D eigenvalue weighted by Crippen LogP contribution is 2.28. The number of carbonyl (C=O) groups is 1. The molecule has 2 rings (SSSR count). The lowest BCUT2D eigenvalue weighted by Crippen LogP contribution is -2.32. The van der Waals surface area contributed by atoms with Gasteiger partial charge in [0.15, 0.2) is 0 Å². The molecule has 2 aromatic carbocycles. The Balaban J connectivity index is 2.32. The molecular weight excluding hydrogens is 316 g/mol. The van der Waals surface area contributed by atoms with Crippen LogP contribution in [0.15, 0.2) is 42.5 Å². The third-order valence-corrected chi connectivity index (χ3v) is 4.08. The number of nitrogens with one attached hydrogen (secondary N) is 1. The van der Waals surface area contributed by atoms with Gasteiger partial charge >= 0.3 is 5.97 Å². The third kappa shape index (κ3) is 4.37. The van der Waals surface area contributed by atoms with Crippen molar-refractivity contribution in [3.05, 3.63) is 64.7 Å². The van der Waals surface area contributed by atoms with Crippen LogP contribution < -0.4 is 10.1 Å². The van der Waals surface area contributed by atoms with Crippen LogP contribution in [-0.4, -0.2) is 20.2 Å². The molecule has 1 N–H and O–H groups in total. The van der Waals surface area contributed by atoms with E-state index in [-0.39, 0.29) is 12.0 Å². The van der Waals surface area contributed by atoms with Crippen molar-refractivity contribution in [2.45, 2.75) is 25.9 Å². The van der Waals surface area contributed by atoms with Gasteiger partial charge in [0.2, 0.25) is 0 Å². The van der Waals surface area contributed by atoms with Gasteiger partial charge in [-0.1, -0.05) is 29.8 Å². The molecule has 2 atom stereocenters. The summed E-state index contributed by atoms with van der Waals surface area (Å²) in [6.07, 6.45) is 0. The smallest absolute Gasteiger partial charge is 0.327 e. The molecule has 5 nitrogen and oxygen atoms in total. The standard InChI is InChI=1S/C20H22N2O3/c1-13-5-10-18(24-3)17(11-13)14(2)22-19(20(23)25-4)16-8-6-15(12-21)7-9-16/h5-11,14,19,22H,1-4H3/t14-,19-/m1/s1. The Morgan fingerprint density at radius 3 is 2.40 bits per heavy atom. The fourth-order valence-electron chi connectivity index (χ4n) is 2.70. The van der Waals surface area contributed by atoms with Gasteiger partial charge in [0, 0.05) is 11.6 Å². The third-order valence-electron chi connectivity index (χ3n) is 4.08. The predicted molar refractivity (Wildman–Crippen MR) is 95.2 cm³/mol. The maximum atomic E-state index is 12.3. The molecule has 2 aromatic rings. The molecule has 0 heterocycles. The normalized spacial score (nSPS) is 12.8. The Morgan fingerprint density at radius 2 is 1.84 bits per heavy atom. The van der Waals surface area contributed by atoms with Crippen molar-refractivity contribution in [3.8, 4) is 11.8 Å². The molecule has 0 fully saturated rings. The molecule has 0 unspecified atom stereocenters. The number of ether oxygens (including phenoxy) is 2. The van der Waals surface area contributed by atoms with Crippen molar-refractivity contribution in [3.63, 3.8) is 0 Å². The highest BCUT2D eigenvalue weighted by atomic mass is 16.5. The summed E-state index contributed by atoms with van der Waals surface area (Å²) in [6.45, 7) is 3.98. The molecule has 0 aliphatic carbocycles. The molecule has 5 heteroatoms. The van der Waals surface area contributed by atoms with Crippen molar-refractivity contribution in [1.29, 1.82) is 5.26 Å². The Labute approximate surface area is 148 Å². The number of aryl methyl sites for hydroxylation is 1. The minimum atomic E-state index is -0.641. The monoisotopic (exact) mass is 338 g/mol. The van der Waals surface area contributed by atoms with E-state index in [1.54, 1.807) is 31.4 Å². The first-order valence-electron chi connectivity index (χ1n) is 7.98. The Morgan fingerprint density at radius 1 is 1.16 bits per heavy atom. The number of methoxy groups -OCH3 is 2. The number of esters is 1. The first kappa shape index (κ1) is 18.5. The van der Waals surface area contributed by atoms with Gasteiger partial charge in [0.1, 0.15) is 11.8 Å². The van der Waals surface area contributed by atoms with Gasteiger partial charge in [0.05, 0.1) is 25.9 Å². The van der Waals surface area contributed by atoms with E-state index in [1.807, 2.05) is 32.0 Å². The Bertz CT molecular complexity index is 779. The van der Waals surface area contributed by atoms with E-state index in [4.69, 9.17) is 14.7 Å². The minimum absolute atomic E-state index is 0.144. The predicted octanol–water partition coefficient (Wildman–Crippen LogP) is 3.44. The van der Waals surface area contributed by atoms with E-state index in [9.17, 15) is 4.79 Å². The maximum absolute atomic E-state index is 12.3. The summed E-state index contributed by atoms with van der Waals surface area (Å²) < 4.78 is 10.4. The first-order chi connectivity index (χ1) is 12.0. The molecule has 0 radical (unpaired) electrons. The second-order valence-electron chi connectivity index (χ2n) is 5.82. The molecule has 130 valence electrons. The lowest BCUT2D eigenvalue weighted by molar-refractivity contribution is -0.143. The van der Waals surface area contributed by atoms with Crippen LogP contribution in [-0.2, 0) is 9.53 Å². The summed E-state index contributed by atoms with van der Waals surface area (Å²) in [5.41, 5.74) is 3.35. The molecule has 0 aliphatic rings. The summed E-state index contributed by atoms with van der Waals surface area (Å²) >= 11 is 0. The van der Waals surface area contributed by atoms with E-state index in [0.717, 1.165) is 22.4 Å². The van der Waals surface area contributed by atoms with Gasteiger partial charge in [-0.05, 0) is 37.6 Å². The second-order valence-corrected chi connectivity index (χ2v) is 5.82. The number of hydrogen-bond acceptors (Lipinski definition) is 5. The van der Waals surface area contributed by atoms with Gasteiger partial charge in [-0.25, -0.2) is 4.79 Å². The average molecular weight is 338 g/mol. The fourth-order valence-corrected chi connectivity index (χ4v) is 2.70. The van der Waals surface area contributed by atoms with Crippen LogP contribution in [0.4, 0.5) is 0 Å². The van der Waals surface area contributed by atoms with Gasteiger partial charge in [-0.3, -0.25) is 5.32 Å². The van der Waals surface area contributed by atoms with Crippen LogP contribution in [0.3, 0.4) is 0 Å². The van der Waals surface area contributed by atoms with Gasteiger partial charge < -0.3 is 9.47 Å². The minimum Gasteiger partial charge on any atom is -0.496 e. The average Bonchev–Trinajstić information content (AvgIpc) is 2.65. The van der Waals surface area contributed by atoms with Crippen LogP contribution >= 0.6 is 0 Å². The van der Waals surface area contributed by atoms with Crippen LogP contribution in [0.25, 0.3) is 0 Å². The molecule has 0 bridgehead atoms. The maximum Gasteiger partial charge on any atom is 0.327 e. The lowest BCUT2D eigenvalue weighted by atomic mass is 10.0. The van der Waals surface area contributed by atoms with Crippen molar-refractivity contribution in [1.82, 2.24) is 5.32 Å². The largest absolute Gasteiger partial charge is 0.496 e. The highest BCUT2D eigenvalue weighted by Gasteiger charge is 2.25. The van der Waals surface area contributed by atoms with Crippen LogP contribution in [0.1, 0.15) is 41.3 Å². The molecule has 0 saturated carbocycles.